The van der Waals surface area contributed by atoms with Gasteiger partial charge in [-0.15, -0.1) is 0 Å². The lowest BCUT2D eigenvalue weighted by Gasteiger charge is -2.44. The predicted octanol–water partition coefficient (Wildman–Crippen LogP) is 3.64. The van der Waals surface area contributed by atoms with Crippen LogP contribution in [0.1, 0.15) is 52.0 Å². The highest BCUT2D eigenvalue weighted by molar-refractivity contribution is 6.24. The molecule has 1 saturated carbocycles. The summed E-state index contributed by atoms with van der Waals surface area (Å²) >= 11 is 0. The van der Waals surface area contributed by atoms with Crippen molar-refractivity contribution in [3.05, 3.63) is 82.9 Å². The molecule has 0 aromatic heterocycles. The zero-order valence-corrected chi connectivity index (χ0v) is 26.3. The SMILES string of the molecule is CCOc1cc([C@H]2C3=CC[C@@H]4C(=O)N(c5ccc(C(=O)O)c(O)c5)C(=O)[C@@H]4[C@@H]3C[C@H]3C(=O)N(c4ccc(C(=O)O)c(O)c4)C(=O)[C@@H]23)ccc1O. The van der Waals surface area contributed by atoms with Crippen LogP contribution >= 0.6 is 0 Å². The lowest BCUT2D eigenvalue weighted by molar-refractivity contribution is -0.126. The van der Waals surface area contributed by atoms with E-state index < -0.39 is 93.7 Å². The molecule has 256 valence electrons. The first-order chi connectivity index (χ1) is 23.8. The number of ether oxygens (including phenoxy) is 1. The first kappa shape index (κ1) is 32.4. The van der Waals surface area contributed by atoms with Gasteiger partial charge < -0.3 is 30.3 Å². The minimum Gasteiger partial charge on any atom is -0.507 e. The van der Waals surface area contributed by atoms with Crippen LogP contribution in [0.15, 0.2) is 66.2 Å². The van der Waals surface area contributed by atoms with Crippen LogP contribution in [0, 0.1) is 29.6 Å². The van der Waals surface area contributed by atoms with Gasteiger partial charge in [0.05, 0.1) is 41.7 Å². The summed E-state index contributed by atoms with van der Waals surface area (Å²) in [5.41, 5.74) is 0.305. The molecule has 3 aromatic rings. The second-order valence-corrected chi connectivity index (χ2v) is 12.7. The minimum atomic E-state index is -1.40. The minimum absolute atomic E-state index is 0.00788. The van der Waals surface area contributed by atoms with E-state index in [2.05, 4.69) is 0 Å². The number of amides is 4. The maximum Gasteiger partial charge on any atom is 0.339 e. The molecule has 14 heteroatoms. The van der Waals surface area contributed by atoms with E-state index in [1.54, 1.807) is 19.1 Å². The van der Waals surface area contributed by atoms with E-state index in [0.29, 0.717) is 11.1 Å². The topological polar surface area (TPSA) is 219 Å². The van der Waals surface area contributed by atoms with Crippen molar-refractivity contribution in [3.63, 3.8) is 0 Å². The van der Waals surface area contributed by atoms with E-state index in [0.717, 1.165) is 34.1 Å². The highest BCUT2D eigenvalue weighted by atomic mass is 16.5. The molecule has 2 aliphatic heterocycles. The van der Waals surface area contributed by atoms with E-state index >= 15 is 0 Å². The summed E-state index contributed by atoms with van der Waals surface area (Å²) in [6.07, 6.45) is 1.95. The summed E-state index contributed by atoms with van der Waals surface area (Å²) in [7, 11) is 0. The third kappa shape index (κ3) is 4.77. The van der Waals surface area contributed by atoms with E-state index in [1.807, 2.05) is 6.08 Å². The van der Waals surface area contributed by atoms with Gasteiger partial charge in [-0.2, -0.15) is 0 Å². The number of phenols is 3. The maximum atomic E-state index is 14.3. The third-order valence-corrected chi connectivity index (χ3v) is 10.2. The first-order valence-corrected chi connectivity index (χ1v) is 15.9. The molecule has 2 heterocycles. The van der Waals surface area contributed by atoms with Crippen molar-refractivity contribution >= 4 is 46.9 Å². The zero-order chi connectivity index (χ0) is 35.8. The number of imide groups is 2. The highest BCUT2D eigenvalue weighted by Gasteiger charge is 2.62. The van der Waals surface area contributed by atoms with Crippen molar-refractivity contribution in [1.82, 2.24) is 0 Å². The van der Waals surface area contributed by atoms with E-state index in [4.69, 9.17) is 4.74 Å². The van der Waals surface area contributed by atoms with E-state index in [-0.39, 0.29) is 42.3 Å². The van der Waals surface area contributed by atoms with Crippen LogP contribution in [0.4, 0.5) is 11.4 Å². The number of fused-ring (bicyclic) bond motifs is 4. The molecule has 2 aliphatic carbocycles. The van der Waals surface area contributed by atoms with Crippen LogP contribution in [0.25, 0.3) is 0 Å². The lowest BCUT2D eigenvalue weighted by atomic mass is 9.57. The molecule has 2 saturated heterocycles. The number of hydrogen-bond acceptors (Lipinski definition) is 10. The van der Waals surface area contributed by atoms with Crippen molar-refractivity contribution in [3.8, 4) is 23.0 Å². The average molecular weight is 683 g/mol. The number of phenolic OH excluding ortho intramolecular Hbond substituents is 1. The number of carboxylic acid groups (broad SMARTS) is 2. The number of aromatic carboxylic acids is 2. The molecule has 7 rings (SSSR count). The monoisotopic (exact) mass is 682 g/mol. The van der Waals surface area contributed by atoms with Crippen molar-refractivity contribution in [2.75, 3.05) is 16.4 Å². The zero-order valence-electron chi connectivity index (χ0n) is 26.3. The van der Waals surface area contributed by atoms with E-state index in [1.165, 1.54) is 18.2 Å². The second kappa shape index (κ2) is 11.8. The Morgan fingerprint density at radius 2 is 1.26 bits per heavy atom. The quantitative estimate of drug-likeness (QED) is 0.178. The van der Waals surface area contributed by atoms with Crippen molar-refractivity contribution in [2.24, 2.45) is 29.6 Å². The largest absolute Gasteiger partial charge is 0.507 e. The normalized spacial score (nSPS) is 25.6. The van der Waals surface area contributed by atoms with Crippen LogP contribution in [0.3, 0.4) is 0 Å². The summed E-state index contributed by atoms with van der Waals surface area (Å²) in [6, 6.07) is 11.4. The predicted molar refractivity (Wildman–Crippen MR) is 172 cm³/mol. The summed E-state index contributed by atoms with van der Waals surface area (Å²) in [5.74, 6) is -11.7. The fraction of sp³-hybridized carbons (Fsp3) is 0.278. The number of anilines is 2. The Morgan fingerprint density at radius 3 is 1.80 bits per heavy atom. The third-order valence-electron chi connectivity index (χ3n) is 10.2. The fourth-order valence-corrected chi connectivity index (χ4v) is 8.15. The Morgan fingerprint density at radius 1 is 0.700 bits per heavy atom. The van der Waals surface area contributed by atoms with Gasteiger partial charge in [0.25, 0.3) is 0 Å². The molecule has 5 N–H and O–H groups in total. The van der Waals surface area contributed by atoms with E-state index in [9.17, 15) is 54.3 Å². The molecule has 3 fully saturated rings. The summed E-state index contributed by atoms with van der Waals surface area (Å²) < 4.78 is 5.62. The number of carbonyl (C=O) groups is 6. The number of rotatable bonds is 7. The van der Waals surface area contributed by atoms with Gasteiger partial charge in [0.1, 0.15) is 22.6 Å². The lowest BCUT2D eigenvalue weighted by Crippen LogP contribution is -2.43. The average Bonchev–Trinajstić information content (AvgIpc) is 3.48. The number of nitrogens with zero attached hydrogens (tertiary/aromatic N) is 2. The smallest absolute Gasteiger partial charge is 0.339 e. The number of aromatic hydroxyl groups is 3. The molecule has 0 bridgehead atoms. The molecule has 4 amide bonds. The van der Waals surface area contributed by atoms with Crippen LogP contribution in [0.5, 0.6) is 23.0 Å². The number of carbonyl (C=O) groups excluding carboxylic acids is 4. The highest BCUT2D eigenvalue weighted by Crippen LogP contribution is 2.59. The summed E-state index contributed by atoms with van der Waals surface area (Å²) in [6.45, 7) is 1.95. The molecular formula is C36H30N2O12. The Kier molecular flexibility index (Phi) is 7.61. The molecule has 50 heavy (non-hydrogen) atoms. The maximum absolute atomic E-state index is 14.3. The second-order valence-electron chi connectivity index (χ2n) is 12.7. The van der Waals surface area contributed by atoms with Crippen molar-refractivity contribution < 1.29 is 59.0 Å². The van der Waals surface area contributed by atoms with Gasteiger partial charge in [-0.3, -0.25) is 19.2 Å². The summed E-state index contributed by atoms with van der Waals surface area (Å²) in [5, 5.41) is 49.9. The Balaban J connectivity index is 1.32. The number of carboxylic acids is 2. The molecule has 6 atom stereocenters. The summed E-state index contributed by atoms with van der Waals surface area (Å²) in [4.78, 5) is 81.3. The number of hydrogen-bond donors (Lipinski definition) is 5. The molecule has 0 radical (unpaired) electrons. The van der Waals surface area contributed by atoms with Crippen molar-refractivity contribution in [1.29, 1.82) is 0 Å². The van der Waals surface area contributed by atoms with Crippen LogP contribution in [0.2, 0.25) is 0 Å². The Hall–Kier alpha value is -6.18. The van der Waals surface area contributed by atoms with Gasteiger partial charge in [-0.25, -0.2) is 19.4 Å². The Labute approximate surface area is 283 Å². The Bertz CT molecular complexity index is 2070. The van der Waals surface area contributed by atoms with Gasteiger partial charge in [0, 0.05) is 18.1 Å². The standard InChI is InChI=1S/C36H30N2O12/c1-2-50-27-11-15(3-10-24(27)39)28-18-8-9-21-29(33(44)37(31(21)42)16-4-6-19(35(46)47)25(40)12-16)22(18)14-23-30(28)34(45)38(32(23)43)17-5-7-20(36(48)49)26(41)13-17/h3-8,10-13,21-23,28-30,39-41H,2,9,14H2,1H3,(H,46,47)(H,48,49)/t21-,22+,23+,28-,29-,30+/m0/s1. The van der Waals surface area contributed by atoms with Gasteiger partial charge in [0.15, 0.2) is 11.5 Å². The molecular weight excluding hydrogens is 652 g/mol. The number of benzene rings is 3. The van der Waals surface area contributed by atoms with Crippen LogP contribution in [-0.2, 0) is 19.2 Å². The molecule has 4 aliphatic rings. The molecule has 0 spiro atoms. The van der Waals surface area contributed by atoms with Gasteiger partial charge >= 0.3 is 11.9 Å². The fourth-order valence-electron chi connectivity index (χ4n) is 8.15. The van der Waals surface area contributed by atoms with Crippen LogP contribution in [-0.4, -0.2) is 67.7 Å². The molecule has 14 nitrogen and oxygen atoms in total. The van der Waals surface area contributed by atoms with Crippen molar-refractivity contribution in [2.45, 2.75) is 25.7 Å². The molecule has 0 unspecified atom stereocenters. The van der Waals surface area contributed by atoms with Gasteiger partial charge in [-0.05, 0) is 67.6 Å². The number of allylic oxidation sites excluding steroid dienone is 2. The first-order valence-electron chi connectivity index (χ1n) is 15.9. The molecule has 3 aromatic carbocycles. The van der Waals surface area contributed by atoms with Gasteiger partial charge in [-0.1, -0.05) is 17.7 Å². The van der Waals surface area contributed by atoms with Crippen LogP contribution < -0.4 is 14.5 Å². The van der Waals surface area contributed by atoms with Gasteiger partial charge in [0.2, 0.25) is 23.6 Å².